The van der Waals surface area contributed by atoms with Crippen molar-refractivity contribution in [3.8, 4) is 0 Å². The average molecular weight is 290 g/mol. The zero-order chi connectivity index (χ0) is 14.5. The molecule has 0 fully saturated rings. The molecule has 104 valence electrons. The topological polar surface area (TPSA) is 79.3 Å². The molecule has 0 spiro atoms. The second kappa shape index (κ2) is 6.29. The molecule has 1 amide bonds. The number of carbonyl (C=O) groups is 2. The summed E-state index contributed by atoms with van der Waals surface area (Å²) in [5.41, 5.74) is 1.42. The first-order valence-corrected chi connectivity index (χ1v) is 6.88. The summed E-state index contributed by atoms with van der Waals surface area (Å²) in [4.78, 5) is 27.0. The lowest BCUT2D eigenvalue weighted by Crippen LogP contribution is -2.24. The van der Waals surface area contributed by atoms with Gasteiger partial charge in [0.1, 0.15) is 9.88 Å². The zero-order valence-corrected chi connectivity index (χ0v) is 11.7. The molecule has 1 aromatic carbocycles. The maximum absolute atomic E-state index is 11.8. The van der Waals surface area contributed by atoms with Gasteiger partial charge in [0, 0.05) is 0 Å². The van der Waals surface area contributed by atoms with Crippen LogP contribution in [0.1, 0.15) is 25.9 Å². The highest BCUT2D eigenvalue weighted by molar-refractivity contribution is 7.13. The van der Waals surface area contributed by atoms with Crippen molar-refractivity contribution in [3.05, 3.63) is 51.5 Å². The Morgan fingerprint density at radius 1 is 1.30 bits per heavy atom. The number of aromatic carboxylic acids is 1. The van der Waals surface area contributed by atoms with Crippen LogP contribution in [0.15, 0.2) is 30.3 Å². The first kappa shape index (κ1) is 14.2. The molecule has 2 rings (SSSR count). The molecule has 6 heteroatoms. The van der Waals surface area contributed by atoms with Crippen LogP contribution in [0.2, 0.25) is 0 Å². The van der Waals surface area contributed by atoms with E-state index in [0.29, 0.717) is 17.1 Å². The standard InChI is InChI=1S/C14H14N2O3S/c1-9-13(14(18)19)20-12(16-9)8-15-11(17)7-10-5-3-2-4-6-10/h2-6H,7-8H2,1H3,(H,15,17)(H,18,19). The van der Waals surface area contributed by atoms with Crippen molar-refractivity contribution in [1.82, 2.24) is 10.3 Å². The van der Waals surface area contributed by atoms with Crippen LogP contribution in [0.5, 0.6) is 0 Å². The van der Waals surface area contributed by atoms with Gasteiger partial charge in [0.15, 0.2) is 0 Å². The second-order valence-electron chi connectivity index (χ2n) is 4.27. The lowest BCUT2D eigenvalue weighted by Gasteiger charge is -2.03. The van der Waals surface area contributed by atoms with Crippen LogP contribution in [0.4, 0.5) is 0 Å². The third-order valence-electron chi connectivity index (χ3n) is 2.68. The molecular formula is C14H14N2O3S. The van der Waals surface area contributed by atoms with E-state index in [1.54, 1.807) is 6.92 Å². The number of thiazole rings is 1. The Morgan fingerprint density at radius 3 is 2.60 bits per heavy atom. The number of hydrogen-bond acceptors (Lipinski definition) is 4. The molecular weight excluding hydrogens is 276 g/mol. The van der Waals surface area contributed by atoms with Crippen molar-refractivity contribution >= 4 is 23.2 Å². The summed E-state index contributed by atoms with van der Waals surface area (Å²) < 4.78 is 0. The van der Waals surface area contributed by atoms with E-state index in [1.165, 1.54) is 0 Å². The van der Waals surface area contributed by atoms with E-state index in [2.05, 4.69) is 10.3 Å². The summed E-state index contributed by atoms with van der Waals surface area (Å²) in [7, 11) is 0. The van der Waals surface area contributed by atoms with Crippen LogP contribution < -0.4 is 5.32 Å². The fourth-order valence-electron chi connectivity index (χ4n) is 1.74. The van der Waals surface area contributed by atoms with Gasteiger partial charge >= 0.3 is 5.97 Å². The van der Waals surface area contributed by atoms with Gasteiger partial charge in [-0.3, -0.25) is 4.79 Å². The van der Waals surface area contributed by atoms with Crippen LogP contribution in [0.3, 0.4) is 0 Å². The minimum atomic E-state index is -0.984. The van der Waals surface area contributed by atoms with Gasteiger partial charge in [0.2, 0.25) is 5.91 Å². The van der Waals surface area contributed by atoms with E-state index in [-0.39, 0.29) is 17.3 Å². The highest BCUT2D eigenvalue weighted by atomic mass is 32.1. The minimum Gasteiger partial charge on any atom is -0.477 e. The molecule has 1 heterocycles. The minimum absolute atomic E-state index is 0.110. The molecule has 0 saturated heterocycles. The Balaban J connectivity index is 1.90. The summed E-state index contributed by atoms with van der Waals surface area (Å²) >= 11 is 1.09. The molecule has 2 aromatic rings. The maximum atomic E-state index is 11.8. The van der Waals surface area contributed by atoms with E-state index < -0.39 is 5.97 Å². The molecule has 5 nitrogen and oxygen atoms in total. The van der Waals surface area contributed by atoms with Gasteiger partial charge in [0.25, 0.3) is 0 Å². The van der Waals surface area contributed by atoms with Crippen molar-refractivity contribution in [2.75, 3.05) is 0 Å². The third kappa shape index (κ3) is 3.64. The molecule has 0 bridgehead atoms. The van der Waals surface area contributed by atoms with Gasteiger partial charge < -0.3 is 10.4 Å². The van der Waals surface area contributed by atoms with Crippen molar-refractivity contribution < 1.29 is 14.7 Å². The molecule has 0 saturated carbocycles. The first-order chi connectivity index (χ1) is 9.56. The summed E-state index contributed by atoms with van der Waals surface area (Å²) in [6.45, 7) is 1.90. The van der Waals surface area contributed by atoms with Crippen molar-refractivity contribution in [2.45, 2.75) is 19.9 Å². The van der Waals surface area contributed by atoms with Crippen molar-refractivity contribution in [2.24, 2.45) is 0 Å². The first-order valence-electron chi connectivity index (χ1n) is 6.06. The van der Waals surface area contributed by atoms with Gasteiger partial charge in [0.05, 0.1) is 18.7 Å². The monoisotopic (exact) mass is 290 g/mol. The van der Waals surface area contributed by atoms with Crippen LogP contribution in [0.25, 0.3) is 0 Å². The van der Waals surface area contributed by atoms with Gasteiger partial charge in [-0.25, -0.2) is 9.78 Å². The number of carboxylic acid groups (broad SMARTS) is 1. The van der Waals surface area contributed by atoms with E-state index in [9.17, 15) is 9.59 Å². The van der Waals surface area contributed by atoms with E-state index in [1.807, 2.05) is 30.3 Å². The number of nitrogens with zero attached hydrogens (tertiary/aromatic N) is 1. The van der Waals surface area contributed by atoms with Crippen molar-refractivity contribution in [1.29, 1.82) is 0 Å². The molecule has 0 atom stereocenters. The molecule has 0 aliphatic heterocycles. The predicted molar refractivity (Wildman–Crippen MR) is 75.8 cm³/mol. The highest BCUT2D eigenvalue weighted by Crippen LogP contribution is 2.17. The summed E-state index contributed by atoms with van der Waals surface area (Å²) in [6.07, 6.45) is 0.303. The number of aromatic nitrogens is 1. The van der Waals surface area contributed by atoms with Gasteiger partial charge in [-0.05, 0) is 12.5 Å². The number of nitrogens with one attached hydrogen (secondary N) is 1. The summed E-state index contributed by atoms with van der Waals surface area (Å²) in [6, 6.07) is 9.43. The van der Waals surface area contributed by atoms with Crippen molar-refractivity contribution in [3.63, 3.8) is 0 Å². The SMILES string of the molecule is Cc1nc(CNC(=O)Cc2ccccc2)sc1C(=O)O. The highest BCUT2D eigenvalue weighted by Gasteiger charge is 2.14. The molecule has 0 unspecified atom stereocenters. The van der Waals surface area contributed by atoms with E-state index >= 15 is 0 Å². The summed E-state index contributed by atoms with van der Waals surface area (Å²) in [5, 5.41) is 12.3. The zero-order valence-electron chi connectivity index (χ0n) is 10.9. The number of rotatable bonds is 5. The second-order valence-corrected chi connectivity index (χ2v) is 5.35. The number of benzene rings is 1. The lowest BCUT2D eigenvalue weighted by atomic mass is 10.1. The fraction of sp³-hybridized carbons (Fsp3) is 0.214. The number of amides is 1. The molecule has 0 aliphatic carbocycles. The largest absolute Gasteiger partial charge is 0.477 e. The quantitative estimate of drug-likeness (QED) is 0.883. The fourth-order valence-corrected chi connectivity index (χ4v) is 2.59. The normalized spacial score (nSPS) is 10.2. The smallest absolute Gasteiger partial charge is 0.347 e. The average Bonchev–Trinajstić information content (AvgIpc) is 2.79. The van der Waals surface area contributed by atoms with Crippen LogP contribution in [-0.2, 0) is 17.8 Å². The molecule has 1 aromatic heterocycles. The Hall–Kier alpha value is -2.21. The molecule has 20 heavy (non-hydrogen) atoms. The van der Waals surface area contributed by atoms with Gasteiger partial charge in [-0.15, -0.1) is 11.3 Å². The third-order valence-corrected chi connectivity index (χ3v) is 3.82. The number of aryl methyl sites for hydroxylation is 1. The van der Waals surface area contributed by atoms with E-state index in [4.69, 9.17) is 5.11 Å². The maximum Gasteiger partial charge on any atom is 0.347 e. The van der Waals surface area contributed by atoms with Crippen LogP contribution in [0, 0.1) is 6.92 Å². The Morgan fingerprint density at radius 2 is 2.00 bits per heavy atom. The molecule has 0 radical (unpaired) electrons. The summed E-state index contributed by atoms with van der Waals surface area (Å²) in [5.74, 6) is -1.09. The lowest BCUT2D eigenvalue weighted by molar-refractivity contribution is -0.120. The number of hydrogen-bond donors (Lipinski definition) is 2. The van der Waals surface area contributed by atoms with E-state index in [0.717, 1.165) is 16.9 Å². The molecule has 0 aliphatic rings. The Kier molecular flexibility index (Phi) is 4.47. The Labute approximate surface area is 120 Å². The Bertz CT molecular complexity index is 623. The van der Waals surface area contributed by atoms with Crippen LogP contribution in [-0.4, -0.2) is 22.0 Å². The van der Waals surface area contributed by atoms with Gasteiger partial charge in [-0.2, -0.15) is 0 Å². The van der Waals surface area contributed by atoms with Crippen LogP contribution >= 0.6 is 11.3 Å². The number of carbonyl (C=O) groups excluding carboxylic acids is 1. The number of carboxylic acids is 1. The molecule has 2 N–H and O–H groups in total. The predicted octanol–water partition coefficient (Wildman–Crippen LogP) is 2.01. The van der Waals surface area contributed by atoms with Gasteiger partial charge in [-0.1, -0.05) is 30.3 Å².